The summed E-state index contributed by atoms with van der Waals surface area (Å²) in [5.74, 6) is 0. The number of benzene rings is 1. The summed E-state index contributed by atoms with van der Waals surface area (Å²) in [6.07, 6.45) is 7.83. The van der Waals surface area contributed by atoms with E-state index in [1.165, 1.54) is 38.5 Å². The van der Waals surface area contributed by atoms with Gasteiger partial charge in [-0.1, -0.05) is 51.2 Å². The van der Waals surface area contributed by atoms with Crippen molar-refractivity contribution in [2.75, 3.05) is 18.5 Å². The van der Waals surface area contributed by atoms with Gasteiger partial charge in [0.25, 0.3) is 0 Å². The predicted molar refractivity (Wildman–Crippen MR) is 82.9 cm³/mol. The van der Waals surface area contributed by atoms with Gasteiger partial charge in [0.1, 0.15) is 0 Å². The van der Waals surface area contributed by atoms with E-state index in [0.717, 1.165) is 12.2 Å². The van der Waals surface area contributed by atoms with Crippen LogP contribution in [0.5, 0.6) is 0 Å². The van der Waals surface area contributed by atoms with E-state index >= 15 is 0 Å². The summed E-state index contributed by atoms with van der Waals surface area (Å²) in [4.78, 5) is 2.22. The van der Waals surface area contributed by atoms with Crippen molar-refractivity contribution in [1.82, 2.24) is 0 Å². The number of anilines is 1. The SMILES string of the molecule is CCCCCCCCN(C)c1ccc(B(O)O)cc1. The van der Waals surface area contributed by atoms with Gasteiger partial charge in [-0.2, -0.15) is 0 Å². The first-order chi connectivity index (χ1) is 9.15. The molecule has 0 saturated heterocycles. The molecule has 0 aliphatic rings. The fraction of sp³-hybridized carbons (Fsp3) is 0.600. The Balaban J connectivity index is 2.27. The van der Waals surface area contributed by atoms with Crippen LogP contribution in [-0.2, 0) is 0 Å². The van der Waals surface area contributed by atoms with Gasteiger partial charge in [-0.05, 0) is 24.0 Å². The summed E-state index contributed by atoms with van der Waals surface area (Å²) in [6.45, 7) is 3.29. The van der Waals surface area contributed by atoms with Crippen molar-refractivity contribution in [2.24, 2.45) is 0 Å². The molecule has 0 aliphatic heterocycles. The van der Waals surface area contributed by atoms with Crippen LogP contribution in [-0.4, -0.2) is 30.8 Å². The Morgan fingerprint density at radius 3 is 2.11 bits per heavy atom. The first-order valence-corrected chi connectivity index (χ1v) is 7.32. The van der Waals surface area contributed by atoms with E-state index < -0.39 is 7.12 Å². The van der Waals surface area contributed by atoms with Crippen molar-refractivity contribution in [1.29, 1.82) is 0 Å². The van der Waals surface area contributed by atoms with Gasteiger partial charge >= 0.3 is 7.12 Å². The maximum absolute atomic E-state index is 9.04. The van der Waals surface area contributed by atoms with Crippen molar-refractivity contribution >= 4 is 18.3 Å². The molecular formula is C15H26BNO2. The van der Waals surface area contributed by atoms with Crippen LogP contribution in [0.15, 0.2) is 24.3 Å². The largest absolute Gasteiger partial charge is 0.488 e. The molecule has 19 heavy (non-hydrogen) atoms. The molecule has 1 aromatic carbocycles. The van der Waals surface area contributed by atoms with Crippen molar-refractivity contribution in [2.45, 2.75) is 45.4 Å². The average molecular weight is 263 g/mol. The first kappa shape index (κ1) is 16.1. The molecule has 106 valence electrons. The average Bonchev–Trinajstić information content (AvgIpc) is 2.42. The van der Waals surface area contributed by atoms with Gasteiger partial charge in [-0.3, -0.25) is 0 Å². The molecule has 0 spiro atoms. The Hall–Kier alpha value is -0.995. The minimum Gasteiger partial charge on any atom is -0.423 e. The van der Waals surface area contributed by atoms with Gasteiger partial charge in [-0.25, -0.2) is 0 Å². The first-order valence-electron chi connectivity index (χ1n) is 7.32. The Morgan fingerprint density at radius 2 is 1.53 bits per heavy atom. The van der Waals surface area contributed by atoms with Crippen LogP contribution in [0.1, 0.15) is 45.4 Å². The summed E-state index contributed by atoms with van der Waals surface area (Å²) in [5, 5.41) is 18.1. The van der Waals surface area contributed by atoms with Crippen LogP contribution in [0.4, 0.5) is 5.69 Å². The molecule has 0 radical (unpaired) electrons. The van der Waals surface area contributed by atoms with Gasteiger partial charge in [-0.15, -0.1) is 0 Å². The normalized spacial score (nSPS) is 10.5. The quantitative estimate of drug-likeness (QED) is 0.530. The van der Waals surface area contributed by atoms with Crippen LogP contribution in [0, 0.1) is 0 Å². The Bertz CT molecular complexity index is 341. The van der Waals surface area contributed by atoms with Crippen molar-refractivity contribution in [3.8, 4) is 0 Å². The molecule has 0 bridgehead atoms. The maximum atomic E-state index is 9.04. The monoisotopic (exact) mass is 263 g/mol. The molecule has 0 amide bonds. The third kappa shape index (κ3) is 6.12. The summed E-state index contributed by atoms with van der Waals surface area (Å²) in [7, 11) is 0.703. The standard InChI is InChI=1S/C15H26BNO2/c1-3-4-5-6-7-8-13-17(2)15-11-9-14(10-12-15)16(18)19/h9-12,18-19H,3-8,13H2,1-2H3. The number of rotatable bonds is 9. The highest BCUT2D eigenvalue weighted by Gasteiger charge is 2.10. The van der Waals surface area contributed by atoms with E-state index in [1.807, 2.05) is 12.1 Å². The minimum atomic E-state index is -1.38. The second-order valence-electron chi connectivity index (χ2n) is 5.15. The van der Waals surface area contributed by atoms with Crippen LogP contribution < -0.4 is 10.4 Å². The zero-order valence-corrected chi connectivity index (χ0v) is 12.2. The molecule has 0 aliphatic carbocycles. The summed E-state index contributed by atoms with van der Waals surface area (Å²) in [5.41, 5.74) is 1.66. The van der Waals surface area contributed by atoms with E-state index in [1.54, 1.807) is 12.1 Å². The highest BCUT2D eigenvalue weighted by Crippen LogP contribution is 2.12. The smallest absolute Gasteiger partial charge is 0.423 e. The summed E-state index contributed by atoms with van der Waals surface area (Å²) in [6, 6.07) is 7.40. The maximum Gasteiger partial charge on any atom is 0.488 e. The second kappa shape index (κ2) is 9.00. The summed E-state index contributed by atoms with van der Waals surface area (Å²) < 4.78 is 0. The zero-order chi connectivity index (χ0) is 14.1. The van der Waals surface area contributed by atoms with Crippen LogP contribution in [0.3, 0.4) is 0 Å². The van der Waals surface area contributed by atoms with Crippen LogP contribution in [0.2, 0.25) is 0 Å². The van der Waals surface area contributed by atoms with Crippen molar-refractivity contribution in [3.63, 3.8) is 0 Å². The lowest BCUT2D eigenvalue weighted by Gasteiger charge is -2.19. The third-order valence-electron chi connectivity index (χ3n) is 3.48. The Labute approximate surface area is 117 Å². The highest BCUT2D eigenvalue weighted by atomic mass is 16.4. The van der Waals surface area contributed by atoms with Gasteiger partial charge in [0.15, 0.2) is 0 Å². The van der Waals surface area contributed by atoms with E-state index in [9.17, 15) is 0 Å². The molecule has 0 fully saturated rings. The molecule has 0 atom stereocenters. The highest BCUT2D eigenvalue weighted by molar-refractivity contribution is 6.58. The van der Waals surface area contributed by atoms with Crippen molar-refractivity contribution in [3.05, 3.63) is 24.3 Å². The Morgan fingerprint density at radius 1 is 0.947 bits per heavy atom. The lowest BCUT2D eigenvalue weighted by atomic mass is 9.80. The molecule has 0 aromatic heterocycles. The predicted octanol–water partition coefficient (Wildman–Crippen LogP) is 2.16. The zero-order valence-electron chi connectivity index (χ0n) is 12.2. The van der Waals surface area contributed by atoms with Crippen molar-refractivity contribution < 1.29 is 10.0 Å². The molecule has 0 unspecified atom stereocenters. The molecule has 3 nitrogen and oxygen atoms in total. The van der Waals surface area contributed by atoms with E-state index in [0.29, 0.717) is 5.46 Å². The lowest BCUT2D eigenvalue weighted by molar-refractivity contribution is 0.426. The molecule has 1 aromatic rings. The van der Waals surface area contributed by atoms with Crippen LogP contribution >= 0.6 is 0 Å². The number of nitrogens with zero attached hydrogens (tertiary/aromatic N) is 1. The number of hydrogen-bond acceptors (Lipinski definition) is 3. The fourth-order valence-electron chi connectivity index (χ4n) is 2.16. The lowest BCUT2D eigenvalue weighted by Crippen LogP contribution is -2.29. The third-order valence-corrected chi connectivity index (χ3v) is 3.48. The molecule has 0 saturated carbocycles. The number of unbranched alkanes of at least 4 members (excludes halogenated alkanes) is 5. The second-order valence-corrected chi connectivity index (χ2v) is 5.15. The summed E-state index contributed by atoms with van der Waals surface area (Å²) >= 11 is 0. The molecule has 0 heterocycles. The topological polar surface area (TPSA) is 43.7 Å². The van der Waals surface area contributed by atoms with Gasteiger partial charge in [0.05, 0.1) is 0 Å². The molecular weight excluding hydrogens is 237 g/mol. The Kier molecular flexibility index (Phi) is 7.60. The van der Waals surface area contributed by atoms with E-state index in [2.05, 4.69) is 18.9 Å². The molecule has 2 N–H and O–H groups in total. The minimum absolute atomic E-state index is 0.539. The van der Waals surface area contributed by atoms with Gasteiger partial charge in [0, 0.05) is 19.3 Å². The molecule has 4 heteroatoms. The fourth-order valence-corrected chi connectivity index (χ4v) is 2.16. The van der Waals surface area contributed by atoms with E-state index in [4.69, 9.17) is 10.0 Å². The van der Waals surface area contributed by atoms with E-state index in [-0.39, 0.29) is 0 Å². The molecule has 1 rings (SSSR count). The number of hydrogen-bond donors (Lipinski definition) is 2. The van der Waals surface area contributed by atoms with Gasteiger partial charge < -0.3 is 14.9 Å². The van der Waals surface area contributed by atoms with Gasteiger partial charge in [0.2, 0.25) is 0 Å². The van der Waals surface area contributed by atoms with Crippen LogP contribution in [0.25, 0.3) is 0 Å².